The van der Waals surface area contributed by atoms with E-state index in [1.54, 1.807) is 6.92 Å². The summed E-state index contributed by atoms with van der Waals surface area (Å²) in [6.45, 7) is 3.44. The number of carbonyl (C=O) groups is 1. The van der Waals surface area contributed by atoms with Crippen LogP contribution >= 0.6 is 0 Å². The lowest BCUT2D eigenvalue weighted by Gasteiger charge is -2.42. The van der Waals surface area contributed by atoms with Gasteiger partial charge in [-0.25, -0.2) is 0 Å². The van der Waals surface area contributed by atoms with Crippen LogP contribution in [0, 0.1) is 0 Å². The van der Waals surface area contributed by atoms with Crippen LogP contribution in [0.2, 0.25) is 0 Å². The molecule has 1 aliphatic heterocycles. The molecular weight excluding hydrogens is 288 g/mol. The van der Waals surface area contributed by atoms with Crippen molar-refractivity contribution in [3.05, 3.63) is 35.9 Å². The average molecular weight is 310 g/mol. The lowest BCUT2D eigenvalue weighted by Crippen LogP contribution is -2.59. The number of esters is 1. The summed E-state index contributed by atoms with van der Waals surface area (Å²) in [4.78, 5) is 11.2. The Labute approximate surface area is 129 Å². The van der Waals surface area contributed by atoms with Crippen LogP contribution in [0.25, 0.3) is 0 Å². The number of aliphatic hydroxyl groups excluding tert-OH is 1. The van der Waals surface area contributed by atoms with Crippen molar-refractivity contribution in [2.24, 2.45) is 0 Å². The molecule has 0 spiro atoms. The molecule has 1 unspecified atom stereocenters. The third kappa shape index (κ3) is 4.04. The fourth-order valence-corrected chi connectivity index (χ4v) is 2.57. The Morgan fingerprint density at radius 2 is 1.91 bits per heavy atom. The SMILES string of the molecule is CO[C@@H]1[C@@H](OCc2ccccc2)[C@H](C)OC(O)[C@@H]1OC(C)=O. The summed E-state index contributed by atoms with van der Waals surface area (Å²) in [5.41, 5.74) is 1.01. The number of carbonyl (C=O) groups excluding carboxylic acids is 1. The van der Waals surface area contributed by atoms with E-state index in [4.69, 9.17) is 18.9 Å². The summed E-state index contributed by atoms with van der Waals surface area (Å²) in [6, 6.07) is 9.70. The maximum atomic E-state index is 11.2. The molecule has 0 bridgehead atoms. The van der Waals surface area contributed by atoms with Gasteiger partial charge in [-0.2, -0.15) is 0 Å². The third-order valence-corrected chi connectivity index (χ3v) is 3.60. The molecule has 22 heavy (non-hydrogen) atoms. The van der Waals surface area contributed by atoms with Crippen LogP contribution in [-0.2, 0) is 30.3 Å². The van der Waals surface area contributed by atoms with Gasteiger partial charge in [-0.3, -0.25) is 4.79 Å². The topological polar surface area (TPSA) is 74.2 Å². The number of hydrogen-bond acceptors (Lipinski definition) is 6. The molecule has 0 aromatic heterocycles. The summed E-state index contributed by atoms with van der Waals surface area (Å²) >= 11 is 0. The first-order chi connectivity index (χ1) is 10.5. The summed E-state index contributed by atoms with van der Waals surface area (Å²) < 4.78 is 21.8. The largest absolute Gasteiger partial charge is 0.454 e. The quantitative estimate of drug-likeness (QED) is 0.825. The number of hydrogen-bond donors (Lipinski definition) is 1. The van der Waals surface area contributed by atoms with Crippen molar-refractivity contribution in [2.75, 3.05) is 7.11 Å². The van der Waals surface area contributed by atoms with E-state index in [0.29, 0.717) is 6.61 Å². The van der Waals surface area contributed by atoms with E-state index in [9.17, 15) is 9.90 Å². The average Bonchev–Trinajstić information content (AvgIpc) is 2.49. The molecule has 0 radical (unpaired) electrons. The van der Waals surface area contributed by atoms with Gasteiger partial charge in [0, 0.05) is 14.0 Å². The van der Waals surface area contributed by atoms with E-state index in [2.05, 4.69) is 0 Å². The van der Waals surface area contributed by atoms with Gasteiger partial charge in [0.2, 0.25) is 0 Å². The molecule has 2 rings (SSSR count). The minimum atomic E-state index is -1.24. The highest BCUT2D eigenvalue weighted by Gasteiger charge is 2.46. The number of methoxy groups -OCH3 is 1. The molecule has 6 heteroatoms. The highest BCUT2D eigenvalue weighted by Crippen LogP contribution is 2.27. The number of rotatable bonds is 5. The lowest BCUT2D eigenvalue weighted by molar-refractivity contribution is -0.295. The molecule has 1 aromatic rings. The Balaban J connectivity index is 2.07. The number of benzene rings is 1. The van der Waals surface area contributed by atoms with E-state index in [-0.39, 0.29) is 0 Å². The maximum Gasteiger partial charge on any atom is 0.303 e. The van der Waals surface area contributed by atoms with Gasteiger partial charge in [0.15, 0.2) is 12.4 Å². The van der Waals surface area contributed by atoms with Crippen LogP contribution in [-0.4, -0.2) is 48.9 Å². The summed E-state index contributed by atoms with van der Waals surface area (Å²) in [6.07, 6.45) is -3.61. The van der Waals surface area contributed by atoms with Crippen molar-refractivity contribution in [1.29, 1.82) is 0 Å². The fraction of sp³-hybridized carbons (Fsp3) is 0.562. The predicted molar refractivity (Wildman–Crippen MR) is 77.9 cm³/mol. The van der Waals surface area contributed by atoms with E-state index in [1.165, 1.54) is 14.0 Å². The molecule has 1 aromatic carbocycles. The summed E-state index contributed by atoms with van der Waals surface area (Å²) in [5.74, 6) is -0.508. The number of ether oxygens (including phenoxy) is 4. The molecule has 1 saturated heterocycles. The Bertz CT molecular complexity index is 477. The molecule has 122 valence electrons. The van der Waals surface area contributed by atoms with Crippen molar-refractivity contribution in [3.63, 3.8) is 0 Å². The first-order valence-electron chi connectivity index (χ1n) is 7.22. The smallest absolute Gasteiger partial charge is 0.303 e. The van der Waals surface area contributed by atoms with E-state index in [1.807, 2.05) is 30.3 Å². The van der Waals surface area contributed by atoms with Gasteiger partial charge < -0.3 is 24.1 Å². The maximum absolute atomic E-state index is 11.2. The van der Waals surface area contributed by atoms with Crippen molar-refractivity contribution in [1.82, 2.24) is 0 Å². The fourth-order valence-electron chi connectivity index (χ4n) is 2.57. The van der Waals surface area contributed by atoms with Crippen molar-refractivity contribution in [2.45, 2.75) is 51.2 Å². The van der Waals surface area contributed by atoms with Crippen LogP contribution in [0.3, 0.4) is 0 Å². The van der Waals surface area contributed by atoms with Gasteiger partial charge in [-0.1, -0.05) is 30.3 Å². The molecular formula is C16H22O6. The Morgan fingerprint density at radius 3 is 2.50 bits per heavy atom. The highest BCUT2D eigenvalue weighted by molar-refractivity contribution is 5.66. The lowest BCUT2D eigenvalue weighted by atomic mass is 9.99. The van der Waals surface area contributed by atoms with E-state index in [0.717, 1.165) is 5.56 Å². The zero-order valence-corrected chi connectivity index (χ0v) is 13.0. The van der Waals surface area contributed by atoms with Gasteiger partial charge >= 0.3 is 5.97 Å². The van der Waals surface area contributed by atoms with E-state index >= 15 is 0 Å². The van der Waals surface area contributed by atoms with Gasteiger partial charge in [0.05, 0.1) is 12.7 Å². The second kappa shape index (κ2) is 7.69. The summed E-state index contributed by atoms with van der Waals surface area (Å²) in [5, 5.41) is 9.96. The molecule has 5 atom stereocenters. The predicted octanol–water partition coefficient (Wildman–Crippen LogP) is 1.26. The van der Waals surface area contributed by atoms with E-state index < -0.39 is 36.7 Å². The molecule has 6 nitrogen and oxygen atoms in total. The van der Waals surface area contributed by atoms with Crippen molar-refractivity contribution in [3.8, 4) is 0 Å². The van der Waals surface area contributed by atoms with Crippen LogP contribution in [0.15, 0.2) is 30.3 Å². The Morgan fingerprint density at radius 1 is 1.23 bits per heavy atom. The molecule has 0 aliphatic carbocycles. The van der Waals surface area contributed by atoms with Gasteiger partial charge in [-0.05, 0) is 12.5 Å². The molecule has 0 saturated carbocycles. The van der Waals surface area contributed by atoms with Gasteiger partial charge in [-0.15, -0.1) is 0 Å². The minimum absolute atomic E-state index is 0.377. The Kier molecular flexibility index (Phi) is 5.90. The molecule has 1 heterocycles. The monoisotopic (exact) mass is 310 g/mol. The summed E-state index contributed by atoms with van der Waals surface area (Å²) in [7, 11) is 1.49. The first kappa shape index (κ1) is 16.9. The zero-order chi connectivity index (χ0) is 16.1. The second-order valence-corrected chi connectivity index (χ2v) is 5.27. The Hall–Kier alpha value is -1.47. The zero-order valence-electron chi connectivity index (χ0n) is 13.0. The number of aliphatic hydroxyl groups is 1. The molecule has 1 fully saturated rings. The molecule has 1 aliphatic rings. The molecule has 0 amide bonds. The van der Waals surface area contributed by atoms with Crippen molar-refractivity contribution >= 4 is 5.97 Å². The van der Waals surface area contributed by atoms with Gasteiger partial charge in [0.25, 0.3) is 0 Å². The first-order valence-corrected chi connectivity index (χ1v) is 7.22. The molecule has 1 N–H and O–H groups in total. The third-order valence-electron chi connectivity index (χ3n) is 3.60. The normalized spacial score (nSPS) is 31.7. The van der Waals surface area contributed by atoms with Crippen LogP contribution in [0.5, 0.6) is 0 Å². The van der Waals surface area contributed by atoms with Crippen LogP contribution in [0.1, 0.15) is 19.4 Å². The van der Waals surface area contributed by atoms with Gasteiger partial charge in [0.1, 0.15) is 12.2 Å². The van der Waals surface area contributed by atoms with Crippen LogP contribution in [0.4, 0.5) is 0 Å². The van der Waals surface area contributed by atoms with Crippen molar-refractivity contribution < 1.29 is 28.8 Å². The van der Waals surface area contributed by atoms with Crippen LogP contribution < -0.4 is 0 Å². The minimum Gasteiger partial charge on any atom is -0.454 e. The second-order valence-electron chi connectivity index (χ2n) is 5.27. The standard InChI is InChI=1S/C16H22O6/c1-10-13(20-9-12-7-5-4-6-8-12)14(19-3)15(16(18)21-10)22-11(2)17/h4-8,10,13-16,18H,9H2,1-3H3/t10-,13-,14+,15+,16?/m0/s1. The highest BCUT2D eigenvalue weighted by atomic mass is 16.7.